The minimum absolute atomic E-state index is 0.0846. The Morgan fingerprint density at radius 1 is 1.21 bits per heavy atom. The largest absolute Gasteiger partial charge is 0.497 e. The Labute approximate surface area is 171 Å². The Morgan fingerprint density at radius 2 is 1.89 bits per heavy atom. The number of benzene rings is 1. The first-order chi connectivity index (χ1) is 13.6. The lowest BCUT2D eigenvalue weighted by atomic mass is 10.0. The maximum atomic E-state index is 13.2. The van der Waals surface area contributed by atoms with Crippen LogP contribution in [0.4, 0.5) is 10.5 Å². The van der Waals surface area contributed by atoms with E-state index in [0.29, 0.717) is 23.7 Å². The number of ether oxygens (including phenoxy) is 2. The van der Waals surface area contributed by atoms with E-state index >= 15 is 0 Å². The van der Waals surface area contributed by atoms with Gasteiger partial charge in [-0.3, -0.25) is 0 Å². The van der Waals surface area contributed by atoms with Crippen molar-refractivity contribution in [2.75, 3.05) is 39.2 Å². The number of hydrogen-bond donors (Lipinski definition) is 1. The fourth-order valence-electron chi connectivity index (χ4n) is 3.56. The molecule has 2 aromatic rings. The van der Waals surface area contributed by atoms with Gasteiger partial charge in [0.05, 0.1) is 20.8 Å². The molecule has 0 bridgehead atoms. The normalized spacial score (nSPS) is 15.2. The SMILES string of the molecule is CCN1CCC(N(Cc2cccs2)C(=O)Nc2cc(OC)cc(OC)c2)CC1. The Bertz CT molecular complexity index is 736. The van der Waals surface area contributed by atoms with Gasteiger partial charge in [-0.15, -0.1) is 11.3 Å². The van der Waals surface area contributed by atoms with Crippen LogP contribution in [0.1, 0.15) is 24.6 Å². The summed E-state index contributed by atoms with van der Waals surface area (Å²) in [6.45, 7) is 5.94. The monoisotopic (exact) mass is 403 g/mol. The first kappa shape index (κ1) is 20.5. The van der Waals surface area contributed by atoms with Crippen LogP contribution in [0.3, 0.4) is 0 Å². The lowest BCUT2D eigenvalue weighted by Crippen LogP contribution is -2.48. The summed E-state index contributed by atoms with van der Waals surface area (Å²) in [4.78, 5) is 18.8. The Morgan fingerprint density at radius 3 is 2.43 bits per heavy atom. The van der Waals surface area contributed by atoms with Crippen LogP contribution < -0.4 is 14.8 Å². The fourth-order valence-corrected chi connectivity index (χ4v) is 4.26. The van der Waals surface area contributed by atoms with Gasteiger partial charge in [0, 0.05) is 47.9 Å². The number of anilines is 1. The van der Waals surface area contributed by atoms with Crippen LogP contribution in [-0.2, 0) is 6.54 Å². The van der Waals surface area contributed by atoms with Gasteiger partial charge in [0.2, 0.25) is 0 Å². The highest BCUT2D eigenvalue weighted by atomic mass is 32.1. The molecule has 1 saturated heterocycles. The number of carbonyl (C=O) groups excluding carboxylic acids is 1. The highest BCUT2D eigenvalue weighted by molar-refractivity contribution is 7.09. The molecule has 3 rings (SSSR count). The zero-order valence-electron chi connectivity index (χ0n) is 16.8. The van der Waals surface area contributed by atoms with Crippen LogP contribution in [0.2, 0.25) is 0 Å². The smallest absolute Gasteiger partial charge is 0.322 e. The van der Waals surface area contributed by atoms with Gasteiger partial charge >= 0.3 is 6.03 Å². The third-order valence-electron chi connectivity index (χ3n) is 5.21. The average Bonchev–Trinajstić information content (AvgIpc) is 3.25. The van der Waals surface area contributed by atoms with E-state index in [4.69, 9.17) is 9.47 Å². The lowest BCUT2D eigenvalue weighted by molar-refractivity contribution is 0.127. The van der Waals surface area contributed by atoms with Crippen molar-refractivity contribution in [2.45, 2.75) is 32.4 Å². The maximum absolute atomic E-state index is 13.2. The number of likely N-dealkylation sites (tertiary alicyclic amines) is 1. The highest BCUT2D eigenvalue weighted by Gasteiger charge is 2.28. The van der Waals surface area contributed by atoms with Crippen molar-refractivity contribution in [3.05, 3.63) is 40.6 Å². The van der Waals surface area contributed by atoms with E-state index in [9.17, 15) is 4.79 Å². The molecule has 1 N–H and O–H groups in total. The van der Waals surface area contributed by atoms with Crippen molar-refractivity contribution in [3.8, 4) is 11.5 Å². The number of amides is 2. The molecule has 152 valence electrons. The molecule has 0 saturated carbocycles. The van der Waals surface area contributed by atoms with Gasteiger partial charge in [0.25, 0.3) is 0 Å². The number of nitrogens with zero attached hydrogens (tertiary/aromatic N) is 2. The second-order valence-electron chi connectivity index (χ2n) is 6.90. The maximum Gasteiger partial charge on any atom is 0.322 e. The number of piperidine rings is 1. The standard InChI is InChI=1S/C21H29N3O3S/c1-4-23-9-7-17(8-10-23)24(15-20-6-5-11-28-20)21(25)22-16-12-18(26-2)14-19(13-16)27-3/h5-6,11-14,17H,4,7-10,15H2,1-3H3,(H,22,25). The summed E-state index contributed by atoms with van der Waals surface area (Å²) in [5.74, 6) is 1.30. The van der Waals surface area contributed by atoms with E-state index in [1.807, 2.05) is 23.1 Å². The number of thiophene rings is 1. The van der Waals surface area contributed by atoms with E-state index in [-0.39, 0.29) is 12.1 Å². The Kier molecular flexibility index (Phi) is 7.17. The van der Waals surface area contributed by atoms with Gasteiger partial charge in [-0.25, -0.2) is 4.79 Å². The molecule has 0 atom stereocenters. The van der Waals surface area contributed by atoms with Gasteiger partial charge < -0.3 is 24.6 Å². The van der Waals surface area contributed by atoms with Crippen molar-refractivity contribution in [1.29, 1.82) is 0 Å². The van der Waals surface area contributed by atoms with Crippen molar-refractivity contribution >= 4 is 23.1 Å². The summed E-state index contributed by atoms with van der Waals surface area (Å²) < 4.78 is 10.6. The summed E-state index contributed by atoms with van der Waals surface area (Å²) in [6, 6.07) is 9.67. The average molecular weight is 404 g/mol. The molecule has 0 unspecified atom stereocenters. The predicted molar refractivity (Wildman–Crippen MR) is 114 cm³/mol. The molecule has 1 aliphatic rings. The van der Waals surface area contributed by atoms with Crippen LogP contribution in [-0.4, -0.2) is 55.7 Å². The number of nitrogens with one attached hydrogen (secondary N) is 1. The van der Waals surface area contributed by atoms with Crippen molar-refractivity contribution in [1.82, 2.24) is 9.80 Å². The minimum Gasteiger partial charge on any atom is -0.497 e. The molecule has 28 heavy (non-hydrogen) atoms. The van der Waals surface area contributed by atoms with Crippen LogP contribution in [0.15, 0.2) is 35.7 Å². The van der Waals surface area contributed by atoms with Crippen LogP contribution in [0, 0.1) is 0 Å². The molecule has 1 aliphatic heterocycles. The molecule has 2 heterocycles. The summed E-state index contributed by atoms with van der Waals surface area (Å²) in [5.41, 5.74) is 0.670. The molecular weight excluding hydrogens is 374 g/mol. The first-order valence-electron chi connectivity index (χ1n) is 9.68. The third kappa shape index (κ3) is 5.17. The molecule has 0 radical (unpaired) electrons. The number of methoxy groups -OCH3 is 2. The molecule has 0 spiro atoms. The van der Waals surface area contributed by atoms with E-state index in [0.717, 1.165) is 32.5 Å². The number of urea groups is 1. The summed E-state index contributed by atoms with van der Waals surface area (Å²) in [7, 11) is 3.20. The number of rotatable bonds is 7. The van der Waals surface area contributed by atoms with Crippen LogP contribution >= 0.6 is 11.3 Å². The van der Waals surface area contributed by atoms with Crippen molar-refractivity contribution in [3.63, 3.8) is 0 Å². The summed E-state index contributed by atoms with van der Waals surface area (Å²) in [6.07, 6.45) is 1.99. The van der Waals surface area contributed by atoms with Gasteiger partial charge in [-0.2, -0.15) is 0 Å². The van der Waals surface area contributed by atoms with Crippen molar-refractivity contribution in [2.24, 2.45) is 0 Å². The molecule has 6 nitrogen and oxygen atoms in total. The Balaban J connectivity index is 1.76. The lowest BCUT2D eigenvalue weighted by Gasteiger charge is -2.38. The fraction of sp³-hybridized carbons (Fsp3) is 0.476. The highest BCUT2D eigenvalue weighted by Crippen LogP contribution is 2.27. The molecule has 7 heteroatoms. The van der Waals surface area contributed by atoms with E-state index in [1.165, 1.54) is 4.88 Å². The minimum atomic E-state index is -0.0846. The molecule has 1 aromatic heterocycles. The van der Waals surface area contributed by atoms with Crippen molar-refractivity contribution < 1.29 is 14.3 Å². The number of carbonyl (C=O) groups is 1. The van der Waals surface area contributed by atoms with Gasteiger partial charge in [0.15, 0.2) is 0 Å². The van der Waals surface area contributed by atoms with Crippen LogP contribution in [0.5, 0.6) is 11.5 Å². The quantitative estimate of drug-likeness (QED) is 0.750. The van der Waals surface area contributed by atoms with E-state index in [1.54, 1.807) is 31.6 Å². The molecule has 1 fully saturated rings. The van der Waals surface area contributed by atoms with Gasteiger partial charge in [-0.1, -0.05) is 13.0 Å². The van der Waals surface area contributed by atoms with E-state index in [2.05, 4.69) is 28.6 Å². The third-order valence-corrected chi connectivity index (χ3v) is 6.08. The first-order valence-corrected chi connectivity index (χ1v) is 10.6. The Hall–Kier alpha value is -2.25. The number of hydrogen-bond acceptors (Lipinski definition) is 5. The second-order valence-corrected chi connectivity index (χ2v) is 7.94. The zero-order valence-corrected chi connectivity index (χ0v) is 17.6. The predicted octanol–water partition coefficient (Wildman–Crippen LogP) is 4.28. The zero-order chi connectivity index (χ0) is 19.9. The van der Waals surface area contributed by atoms with Crippen LogP contribution in [0.25, 0.3) is 0 Å². The second kappa shape index (κ2) is 9.80. The molecule has 0 aliphatic carbocycles. The summed E-state index contributed by atoms with van der Waals surface area (Å²) in [5, 5.41) is 5.10. The molecule has 2 amide bonds. The summed E-state index contributed by atoms with van der Waals surface area (Å²) >= 11 is 1.68. The van der Waals surface area contributed by atoms with Gasteiger partial charge in [0.1, 0.15) is 11.5 Å². The van der Waals surface area contributed by atoms with E-state index < -0.39 is 0 Å². The molecular formula is C21H29N3O3S. The molecule has 1 aromatic carbocycles. The topological polar surface area (TPSA) is 54.0 Å². The van der Waals surface area contributed by atoms with Gasteiger partial charge in [-0.05, 0) is 30.8 Å².